The number of hydrogen-bond donors (Lipinski definition) is 1. The number of aliphatic hydroxyl groups excluding tert-OH is 1. The first-order valence-corrected chi connectivity index (χ1v) is 5.99. The lowest BCUT2D eigenvalue weighted by molar-refractivity contribution is 0.162. The second-order valence-electron chi connectivity index (χ2n) is 4.51. The molecule has 0 heterocycles. The number of rotatable bonds is 4. The predicted octanol–water partition coefficient (Wildman–Crippen LogP) is 3.87. The van der Waals surface area contributed by atoms with Crippen molar-refractivity contribution in [2.75, 3.05) is 0 Å². The van der Waals surface area contributed by atoms with Gasteiger partial charge in [0.15, 0.2) is 0 Å². The SMILES string of the molecule is Cc1cccc(C(O)CCC2CC2)c1Cl. The number of aryl methyl sites for hydroxylation is 1. The standard InChI is InChI=1S/C13H17ClO/c1-9-3-2-4-11(13(9)14)12(15)8-7-10-5-6-10/h2-4,10,12,15H,5-8H2,1H3. The Morgan fingerprint density at radius 2 is 2.20 bits per heavy atom. The summed E-state index contributed by atoms with van der Waals surface area (Å²) in [4.78, 5) is 0. The average molecular weight is 225 g/mol. The summed E-state index contributed by atoms with van der Waals surface area (Å²) < 4.78 is 0. The highest BCUT2D eigenvalue weighted by Crippen LogP contribution is 2.37. The van der Waals surface area contributed by atoms with Gasteiger partial charge in [0.1, 0.15) is 0 Å². The fraction of sp³-hybridized carbons (Fsp3) is 0.538. The van der Waals surface area contributed by atoms with Gasteiger partial charge in [-0.1, -0.05) is 42.6 Å². The van der Waals surface area contributed by atoms with E-state index in [0.29, 0.717) is 0 Å². The summed E-state index contributed by atoms with van der Waals surface area (Å²) >= 11 is 6.16. The first kappa shape index (κ1) is 11.0. The largest absolute Gasteiger partial charge is 0.388 e. The molecule has 1 saturated carbocycles. The minimum atomic E-state index is -0.391. The molecule has 1 aliphatic rings. The molecule has 1 N–H and O–H groups in total. The van der Waals surface area contributed by atoms with Gasteiger partial charge in [0.2, 0.25) is 0 Å². The molecule has 1 aliphatic carbocycles. The predicted molar refractivity (Wildman–Crippen MR) is 63.1 cm³/mol. The molecule has 15 heavy (non-hydrogen) atoms. The van der Waals surface area contributed by atoms with Gasteiger partial charge in [0.05, 0.1) is 6.10 Å². The van der Waals surface area contributed by atoms with Crippen LogP contribution in [0.2, 0.25) is 5.02 Å². The molecule has 0 radical (unpaired) electrons. The Hall–Kier alpha value is -0.530. The van der Waals surface area contributed by atoms with E-state index >= 15 is 0 Å². The van der Waals surface area contributed by atoms with E-state index in [1.165, 1.54) is 12.8 Å². The lowest BCUT2D eigenvalue weighted by Gasteiger charge is -2.13. The van der Waals surface area contributed by atoms with Crippen molar-refractivity contribution < 1.29 is 5.11 Å². The number of aliphatic hydroxyl groups is 1. The highest BCUT2D eigenvalue weighted by Gasteiger charge is 2.23. The first-order valence-electron chi connectivity index (χ1n) is 5.61. The minimum absolute atomic E-state index is 0.391. The van der Waals surface area contributed by atoms with E-state index < -0.39 is 6.10 Å². The molecule has 1 unspecified atom stereocenters. The summed E-state index contributed by atoms with van der Waals surface area (Å²) in [5.74, 6) is 0.864. The molecular formula is C13H17ClO. The maximum absolute atomic E-state index is 10.0. The van der Waals surface area contributed by atoms with Crippen molar-refractivity contribution in [2.24, 2.45) is 5.92 Å². The van der Waals surface area contributed by atoms with Gasteiger partial charge in [-0.15, -0.1) is 0 Å². The van der Waals surface area contributed by atoms with E-state index in [1.807, 2.05) is 25.1 Å². The van der Waals surface area contributed by atoms with Crippen LogP contribution in [0, 0.1) is 12.8 Å². The Morgan fingerprint density at radius 1 is 1.47 bits per heavy atom. The Kier molecular flexibility index (Phi) is 3.32. The van der Waals surface area contributed by atoms with Crippen molar-refractivity contribution in [1.82, 2.24) is 0 Å². The minimum Gasteiger partial charge on any atom is -0.388 e. The van der Waals surface area contributed by atoms with Crippen molar-refractivity contribution in [2.45, 2.75) is 38.7 Å². The number of benzene rings is 1. The van der Waals surface area contributed by atoms with E-state index in [9.17, 15) is 5.11 Å². The van der Waals surface area contributed by atoms with Crippen LogP contribution in [0.5, 0.6) is 0 Å². The zero-order valence-corrected chi connectivity index (χ0v) is 9.80. The van der Waals surface area contributed by atoms with Crippen LogP contribution in [-0.4, -0.2) is 5.11 Å². The fourth-order valence-corrected chi connectivity index (χ4v) is 2.14. The van der Waals surface area contributed by atoms with Gasteiger partial charge in [0, 0.05) is 5.02 Å². The van der Waals surface area contributed by atoms with Crippen molar-refractivity contribution in [1.29, 1.82) is 0 Å². The van der Waals surface area contributed by atoms with Gasteiger partial charge in [-0.2, -0.15) is 0 Å². The molecule has 0 spiro atoms. The lowest BCUT2D eigenvalue weighted by Crippen LogP contribution is -1.99. The quantitative estimate of drug-likeness (QED) is 0.823. The highest BCUT2D eigenvalue weighted by atomic mass is 35.5. The zero-order chi connectivity index (χ0) is 10.8. The van der Waals surface area contributed by atoms with Crippen LogP contribution in [0.15, 0.2) is 18.2 Å². The molecule has 2 heteroatoms. The van der Waals surface area contributed by atoms with Gasteiger partial charge < -0.3 is 5.11 Å². The molecule has 2 rings (SSSR count). The molecule has 1 atom stereocenters. The second-order valence-corrected chi connectivity index (χ2v) is 4.89. The van der Waals surface area contributed by atoms with E-state index in [-0.39, 0.29) is 0 Å². The molecule has 0 saturated heterocycles. The van der Waals surface area contributed by atoms with Crippen LogP contribution < -0.4 is 0 Å². The Morgan fingerprint density at radius 3 is 2.87 bits per heavy atom. The summed E-state index contributed by atoms with van der Waals surface area (Å²) in [6.07, 6.45) is 4.26. The van der Waals surface area contributed by atoms with Gasteiger partial charge in [-0.05, 0) is 36.8 Å². The highest BCUT2D eigenvalue weighted by molar-refractivity contribution is 6.32. The second kappa shape index (κ2) is 4.54. The maximum Gasteiger partial charge on any atom is 0.0804 e. The molecule has 0 aromatic heterocycles. The third kappa shape index (κ3) is 2.73. The Labute approximate surface area is 96.1 Å². The van der Waals surface area contributed by atoms with Gasteiger partial charge in [-0.3, -0.25) is 0 Å². The topological polar surface area (TPSA) is 20.2 Å². The average Bonchev–Trinajstić information content (AvgIpc) is 3.02. The molecule has 1 aromatic carbocycles. The molecule has 82 valence electrons. The smallest absolute Gasteiger partial charge is 0.0804 e. The van der Waals surface area contributed by atoms with Crippen LogP contribution in [0.3, 0.4) is 0 Å². The first-order chi connectivity index (χ1) is 7.18. The monoisotopic (exact) mass is 224 g/mol. The summed E-state index contributed by atoms with van der Waals surface area (Å²) in [5, 5.41) is 10.7. The normalized spacial score (nSPS) is 17.8. The van der Waals surface area contributed by atoms with Crippen LogP contribution in [0.1, 0.15) is 42.9 Å². The van der Waals surface area contributed by atoms with Gasteiger partial charge in [0.25, 0.3) is 0 Å². The van der Waals surface area contributed by atoms with Crippen LogP contribution in [0.4, 0.5) is 0 Å². The third-order valence-electron chi connectivity index (χ3n) is 3.13. The Bertz CT molecular complexity index is 344. The zero-order valence-electron chi connectivity index (χ0n) is 9.04. The summed E-state index contributed by atoms with van der Waals surface area (Å²) in [7, 11) is 0. The molecule has 0 aliphatic heterocycles. The van der Waals surface area contributed by atoms with Gasteiger partial charge >= 0.3 is 0 Å². The fourth-order valence-electron chi connectivity index (χ4n) is 1.88. The van der Waals surface area contributed by atoms with Crippen LogP contribution in [0.25, 0.3) is 0 Å². The lowest BCUT2D eigenvalue weighted by atomic mass is 10.0. The van der Waals surface area contributed by atoms with Crippen molar-refractivity contribution in [3.8, 4) is 0 Å². The maximum atomic E-state index is 10.0. The summed E-state index contributed by atoms with van der Waals surface area (Å²) in [5.41, 5.74) is 1.93. The van der Waals surface area contributed by atoms with Crippen molar-refractivity contribution in [3.63, 3.8) is 0 Å². The molecule has 1 aromatic rings. The molecule has 0 amide bonds. The molecule has 1 nitrogen and oxygen atoms in total. The molecule has 1 fully saturated rings. The van der Waals surface area contributed by atoms with Gasteiger partial charge in [-0.25, -0.2) is 0 Å². The van der Waals surface area contributed by atoms with E-state index in [4.69, 9.17) is 11.6 Å². The van der Waals surface area contributed by atoms with Crippen LogP contribution >= 0.6 is 11.6 Å². The molecular weight excluding hydrogens is 208 g/mol. The van der Waals surface area contributed by atoms with E-state index in [2.05, 4.69) is 0 Å². The number of halogens is 1. The van der Waals surface area contributed by atoms with E-state index in [1.54, 1.807) is 0 Å². The summed E-state index contributed by atoms with van der Waals surface area (Å²) in [6.45, 7) is 1.97. The molecule has 0 bridgehead atoms. The number of hydrogen-bond acceptors (Lipinski definition) is 1. The van der Waals surface area contributed by atoms with Crippen LogP contribution in [-0.2, 0) is 0 Å². The van der Waals surface area contributed by atoms with E-state index in [0.717, 1.165) is 34.9 Å². The Balaban J connectivity index is 2.02. The van der Waals surface area contributed by atoms with Crippen molar-refractivity contribution >= 4 is 11.6 Å². The third-order valence-corrected chi connectivity index (χ3v) is 3.64. The summed E-state index contributed by atoms with van der Waals surface area (Å²) in [6, 6.07) is 5.85. The van der Waals surface area contributed by atoms with Crippen molar-refractivity contribution in [3.05, 3.63) is 34.3 Å².